The minimum absolute atomic E-state index is 0.684. The summed E-state index contributed by atoms with van der Waals surface area (Å²) in [5.74, 6) is 3.29. The van der Waals surface area contributed by atoms with E-state index in [0.29, 0.717) is 5.54 Å². The molecule has 4 fully saturated rings. The van der Waals surface area contributed by atoms with E-state index < -0.39 is 0 Å². The number of rotatable bonds is 2. The molecular weight excluding hydrogens is 182 g/mol. The second kappa shape index (κ2) is 3.00. The van der Waals surface area contributed by atoms with Crippen molar-refractivity contribution < 1.29 is 4.48 Å². The molecule has 86 valence electrons. The maximum atomic E-state index is 2.48. The molecule has 0 atom stereocenters. The van der Waals surface area contributed by atoms with Gasteiger partial charge in [0.2, 0.25) is 0 Å². The van der Waals surface area contributed by atoms with Gasteiger partial charge in [0.25, 0.3) is 0 Å². The Labute approximate surface area is 94.4 Å². The highest BCUT2D eigenvalue weighted by Gasteiger charge is 2.57. The van der Waals surface area contributed by atoms with Gasteiger partial charge in [-0.15, -0.1) is 0 Å². The predicted octanol–water partition coefficient (Wildman–Crippen LogP) is 3.05. The van der Waals surface area contributed by atoms with Gasteiger partial charge in [-0.1, -0.05) is 0 Å². The fourth-order valence-electron chi connectivity index (χ4n) is 5.14. The lowest BCUT2D eigenvalue weighted by atomic mass is 9.52. The third-order valence-electron chi connectivity index (χ3n) is 6.08. The van der Waals surface area contributed by atoms with Gasteiger partial charge in [0.1, 0.15) is 0 Å². The molecule has 4 aliphatic carbocycles. The Balaban J connectivity index is 1.93. The van der Waals surface area contributed by atoms with Crippen LogP contribution in [0.15, 0.2) is 0 Å². The summed E-state index contributed by atoms with van der Waals surface area (Å²) in [5.41, 5.74) is 0.684. The fraction of sp³-hybridized carbons (Fsp3) is 1.00. The smallest absolute Gasteiger partial charge is 0.0996 e. The second-order valence-corrected chi connectivity index (χ2v) is 7.14. The van der Waals surface area contributed by atoms with Crippen molar-refractivity contribution in [3.8, 4) is 0 Å². The fourth-order valence-corrected chi connectivity index (χ4v) is 5.14. The maximum Gasteiger partial charge on any atom is 0.0996 e. The Kier molecular flexibility index (Phi) is 2.03. The van der Waals surface area contributed by atoms with Gasteiger partial charge >= 0.3 is 0 Å². The van der Waals surface area contributed by atoms with E-state index in [1.807, 2.05) is 0 Å². The summed E-state index contributed by atoms with van der Waals surface area (Å²) in [6.07, 6.45) is 9.34. The number of hydrogen-bond donors (Lipinski definition) is 0. The quantitative estimate of drug-likeness (QED) is 0.612. The van der Waals surface area contributed by atoms with Gasteiger partial charge in [-0.05, 0) is 43.9 Å². The van der Waals surface area contributed by atoms with Crippen LogP contribution in [-0.4, -0.2) is 30.7 Å². The average Bonchev–Trinajstić information content (AvgIpc) is 2.15. The third-order valence-corrected chi connectivity index (χ3v) is 6.08. The molecule has 1 heteroatoms. The molecule has 0 heterocycles. The summed E-state index contributed by atoms with van der Waals surface area (Å²) in [7, 11) is 4.96. The Hall–Kier alpha value is -0.0400. The SMILES string of the molecule is CC[N+](C)(C)C12CC3CC(CC(C3)C1)C2. The van der Waals surface area contributed by atoms with Crippen LogP contribution in [0.2, 0.25) is 0 Å². The highest BCUT2D eigenvalue weighted by Crippen LogP contribution is 2.58. The van der Waals surface area contributed by atoms with E-state index in [4.69, 9.17) is 0 Å². The molecule has 4 aliphatic rings. The Morgan fingerprint density at radius 3 is 1.67 bits per heavy atom. The number of nitrogens with zero attached hydrogens (tertiary/aromatic N) is 1. The van der Waals surface area contributed by atoms with Crippen LogP contribution in [0.1, 0.15) is 45.4 Å². The van der Waals surface area contributed by atoms with Crippen molar-refractivity contribution in [2.45, 2.75) is 51.0 Å². The second-order valence-electron chi connectivity index (χ2n) is 7.14. The minimum atomic E-state index is 0.684. The third kappa shape index (κ3) is 1.32. The molecule has 0 aliphatic heterocycles. The molecule has 0 radical (unpaired) electrons. The standard InChI is InChI=1S/C14H26N/c1-4-15(2,3)14-8-11-5-12(9-14)7-13(6-11)10-14/h11-13H,4-10H2,1-3H3/q+1. The molecule has 0 unspecified atom stereocenters. The van der Waals surface area contributed by atoms with Crippen LogP contribution in [0, 0.1) is 17.8 Å². The summed E-state index contributed by atoms with van der Waals surface area (Å²) in [6.45, 7) is 3.69. The first-order valence-electron chi connectivity index (χ1n) is 6.88. The highest BCUT2D eigenvalue weighted by atomic mass is 15.4. The van der Waals surface area contributed by atoms with E-state index in [0.717, 1.165) is 17.8 Å². The molecule has 4 saturated carbocycles. The number of hydrogen-bond acceptors (Lipinski definition) is 0. The molecule has 0 amide bonds. The zero-order valence-corrected chi connectivity index (χ0v) is 10.6. The van der Waals surface area contributed by atoms with Crippen molar-refractivity contribution in [2.24, 2.45) is 17.8 Å². The summed E-state index contributed by atoms with van der Waals surface area (Å²) in [5, 5.41) is 0. The summed E-state index contributed by atoms with van der Waals surface area (Å²) < 4.78 is 1.29. The Morgan fingerprint density at radius 1 is 0.933 bits per heavy atom. The van der Waals surface area contributed by atoms with Crippen LogP contribution < -0.4 is 0 Å². The topological polar surface area (TPSA) is 0 Å². The lowest BCUT2D eigenvalue weighted by Gasteiger charge is -2.62. The van der Waals surface area contributed by atoms with Gasteiger partial charge in [-0.25, -0.2) is 0 Å². The van der Waals surface area contributed by atoms with Crippen molar-refractivity contribution >= 4 is 0 Å². The summed E-state index contributed by atoms with van der Waals surface area (Å²) >= 11 is 0. The number of quaternary nitrogens is 1. The zero-order valence-electron chi connectivity index (χ0n) is 10.6. The summed E-state index contributed by atoms with van der Waals surface area (Å²) in [6, 6.07) is 0. The van der Waals surface area contributed by atoms with E-state index in [1.54, 1.807) is 38.5 Å². The van der Waals surface area contributed by atoms with Gasteiger partial charge in [-0.2, -0.15) is 0 Å². The van der Waals surface area contributed by atoms with Gasteiger partial charge in [-0.3, -0.25) is 0 Å². The monoisotopic (exact) mass is 208 g/mol. The van der Waals surface area contributed by atoms with Gasteiger partial charge in [0, 0.05) is 19.3 Å². The van der Waals surface area contributed by atoms with Gasteiger partial charge < -0.3 is 4.48 Å². The van der Waals surface area contributed by atoms with E-state index in [9.17, 15) is 0 Å². The van der Waals surface area contributed by atoms with Gasteiger partial charge in [0.15, 0.2) is 0 Å². The molecule has 4 bridgehead atoms. The normalized spacial score (nSPS) is 48.6. The molecule has 1 nitrogen and oxygen atoms in total. The molecule has 0 spiro atoms. The maximum absolute atomic E-state index is 2.48. The average molecular weight is 208 g/mol. The highest BCUT2D eigenvalue weighted by molar-refractivity contribution is 5.03. The van der Waals surface area contributed by atoms with Crippen molar-refractivity contribution in [1.82, 2.24) is 0 Å². The van der Waals surface area contributed by atoms with E-state index >= 15 is 0 Å². The zero-order chi connectivity index (χ0) is 10.7. The van der Waals surface area contributed by atoms with E-state index in [-0.39, 0.29) is 0 Å². The molecule has 0 aromatic carbocycles. The molecule has 0 aromatic heterocycles. The predicted molar refractivity (Wildman–Crippen MR) is 63.6 cm³/mol. The molecule has 0 N–H and O–H groups in total. The van der Waals surface area contributed by atoms with Crippen LogP contribution in [0.5, 0.6) is 0 Å². The first kappa shape index (κ1) is 10.1. The van der Waals surface area contributed by atoms with Crippen LogP contribution in [0.4, 0.5) is 0 Å². The molecule has 0 saturated heterocycles. The van der Waals surface area contributed by atoms with Crippen molar-refractivity contribution in [1.29, 1.82) is 0 Å². The first-order valence-corrected chi connectivity index (χ1v) is 6.88. The Morgan fingerprint density at radius 2 is 1.33 bits per heavy atom. The molecular formula is C14H26N+. The largest absolute Gasteiger partial charge is 0.324 e. The van der Waals surface area contributed by atoms with Crippen LogP contribution >= 0.6 is 0 Å². The van der Waals surface area contributed by atoms with Crippen molar-refractivity contribution in [3.63, 3.8) is 0 Å². The van der Waals surface area contributed by atoms with Crippen molar-refractivity contribution in [2.75, 3.05) is 20.6 Å². The van der Waals surface area contributed by atoms with Crippen LogP contribution in [0.3, 0.4) is 0 Å². The lowest BCUT2D eigenvalue weighted by molar-refractivity contribution is -0.946. The van der Waals surface area contributed by atoms with Crippen LogP contribution in [0.25, 0.3) is 0 Å². The van der Waals surface area contributed by atoms with Crippen LogP contribution in [-0.2, 0) is 0 Å². The lowest BCUT2D eigenvalue weighted by Crippen LogP contribution is -2.66. The van der Waals surface area contributed by atoms with E-state index in [2.05, 4.69) is 21.0 Å². The molecule has 0 aromatic rings. The van der Waals surface area contributed by atoms with Gasteiger partial charge in [0.05, 0.1) is 26.2 Å². The molecule has 15 heavy (non-hydrogen) atoms. The van der Waals surface area contributed by atoms with Crippen molar-refractivity contribution in [3.05, 3.63) is 0 Å². The minimum Gasteiger partial charge on any atom is -0.324 e. The van der Waals surface area contributed by atoms with E-state index in [1.165, 1.54) is 11.0 Å². The molecule has 4 rings (SSSR count). The first-order chi connectivity index (χ1) is 7.05. The Bertz CT molecular complexity index is 231. The summed E-state index contributed by atoms with van der Waals surface area (Å²) in [4.78, 5) is 0.